The predicted octanol–water partition coefficient (Wildman–Crippen LogP) is 1.56. The Kier molecular flexibility index (Phi) is 4.92. The van der Waals surface area contributed by atoms with Crippen LogP contribution in [0.25, 0.3) is 0 Å². The molecule has 1 fully saturated rings. The first-order valence-corrected chi connectivity index (χ1v) is 7.93. The molecule has 1 aromatic heterocycles. The van der Waals surface area contributed by atoms with Crippen LogP contribution in [0.5, 0.6) is 11.6 Å². The van der Waals surface area contributed by atoms with E-state index in [4.69, 9.17) is 21.1 Å². The monoisotopic (exact) mass is 351 g/mol. The van der Waals surface area contributed by atoms with Crippen LogP contribution in [0.1, 0.15) is 11.1 Å². The third-order valence-corrected chi connectivity index (χ3v) is 4.28. The van der Waals surface area contributed by atoms with E-state index < -0.39 is 0 Å². The van der Waals surface area contributed by atoms with Gasteiger partial charge in [-0.1, -0.05) is 11.6 Å². The quantitative estimate of drug-likeness (QED) is 0.869. The number of morpholine rings is 1. The summed E-state index contributed by atoms with van der Waals surface area (Å²) in [5, 5.41) is 10.7. The molecule has 0 amide bonds. The molecular formula is C16H18ClN3O4. The zero-order chi connectivity index (χ0) is 17.1. The molecule has 0 saturated carbocycles. The van der Waals surface area contributed by atoms with E-state index in [0.717, 1.165) is 0 Å². The van der Waals surface area contributed by atoms with Gasteiger partial charge in [0.05, 0.1) is 25.9 Å². The number of nitrogens with zero attached hydrogens (tertiary/aromatic N) is 2. The van der Waals surface area contributed by atoms with Gasteiger partial charge >= 0.3 is 0 Å². The van der Waals surface area contributed by atoms with Gasteiger partial charge in [-0.2, -0.15) is 4.98 Å². The number of anilines is 1. The third kappa shape index (κ3) is 3.47. The van der Waals surface area contributed by atoms with Gasteiger partial charge in [-0.15, -0.1) is 0 Å². The highest BCUT2D eigenvalue weighted by Gasteiger charge is 2.18. The number of halogens is 1. The first-order chi connectivity index (χ1) is 11.6. The van der Waals surface area contributed by atoms with E-state index in [2.05, 4.69) is 9.97 Å². The van der Waals surface area contributed by atoms with Crippen LogP contribution in [0, 0.1) is 0 Å². The van der Waals surface area contributed by atoms with E-state index in [1.807, 2.05) is 4.90 Å². The fourth-order valence-corrected chi connectivity index (χ4v) is 2.75. The Bertz CT molecular complexity index is 787. The molecule has 128 valence electrons. The van der Waals surface area contributed by atoms with Crippen LogP contribution >= 0.6 is 11.6 Å². The van der Waals surface area contributed by atoms with Crippen LogP contribution in [0.3, 0.4) is 0 Å². The zero-order valence-corrected chi connectivity index (χ0v) is 14.0. The lowest BCUT2D eigenvalue weighted by Crippen LogP contribution is -2.38. The van der Waals surface area contributed by atoms with Gasteiger partial charge in [-0.3, -0.25) is 9.78 Å². The van der Waals surface area contributed by atoms with E-state index in [-0.39, 0.29) is 23.4 Å². The molecule has 8 heteroatoms. The standard InChI is InChI=1S/C16H18ClN3O4/c1-23-11-2-3-13(17)10(8-11)9-12-14(21)18-16(19-15(12)22)20-4-6-24-7-5-20/h2-3,8H,4-7,9H2,1H3,(H2,18,19,21,22). The summed E-state index contributed by atoms with van der Waals surface area (Å²) in [5.41, 5.74) is 0.461. The van der Waals surface area contributed by atoms with Crippen molar-refractivity contribution in [2.45, 2.75) is 6.42 Å². The Morgan fingerprint density at radius 1 is 1.42 bits per heavy atom. The molecule has 1 saturated heterocycles. The summed E-state index contributed by atoms with van der Waals surface area (Å²) in [5.74, 6) is 0.684. The van der Waals surface area contributed by atoms with E-state index in [1.54, 1.807) is 25.3 Å². The molecule has 0 unspecified atom stereocenters. The molecular weight excluding hydrogens is 334 g/mol. The highest BCUT2D eigenvalue weighted by atomic mass is 35.5. The maximum absolute atomic E-state index is 12.4. The van der Waals surface area contributed by atoms with Gasteiger partial charge < -0.3 is 19.5 Å². The SMILES string of the molecule is COc1ccc(Cl)c(Cc2c(O)nc(N3CCOCC3)[nH]c2=O)c1. The van der Waals surface area contributed by atoms with Gasteiger partial charge in [-0.05, 0) is 23.8 Å². The Morgan fingerprint density at radius 3 is 2.83 bits per heavy atom. The summed E-state index contributed by atoms with van der Waals surface area (Å²) < 4.78 is 10.4. The summed E-state index contributed by atoms with van der Waals surface area (Å²) in [4.78, 5) is 21.1. The minimum absolute atomic E-state index is 0.160. The fourth-order valence-electron chi connectivity index (χ4n) is 2.56. The van der Waals surface area contributed by atoms with Crippen LogP contribution in [0.2, 0.25) is 5.02 Å². The Labute approximate surface area is 143 Å². The van der Waals surface area contributed by atoms with E-state index in [9.17, 15) is 9.90 Å². The molecule has 0 radical (unpaired) electrons. The van der Waals surface area contributed by atoms with Gasteiger partial charge in [0.25, 0.3) is 5.56 Å². The normalized spacial score (nSPS) is 14.7. The number of benzene rings is 1. The van der Waals surface area contributed by atoms with Gasteiger partial charge in [0.2, 0.25) is 11.8 Å². The topological polar surface area (TPSA) is 87.7 Å². The molecule has 1 aliphatic rings. The van der Waals surface area contributed by atoms with Crippen LogP contribution in [0.4, 0.5) is 5.95 Å². The molecule has 0 aliphatic carbocycles. The lowest BCUT2D eigenvalue weighted by molar-refractivity contribution is 0.122. The molecule has 2 heterocycles. The summed E-state index contributed by atoms with van der Waals surface area (Å²) in [6.07, 6.45) is 0.160. The Morgan fingerprint density at radius 2 is 2.17 bits per heavy atom. The van der Waals surface area contributed by atoms with Crippen molar-refractivity contribution in [2.24, 2.45) is 0 Å². The van der Waals surface area contributed by atoms with Gasteiger partial charge in [0.15, 0.2) is 0 Å². The highest BCUT2D eigenvalue weighted by molar-refractivity contribution is 6.31. The largest absolute Gasteiger partial charge is 0.497 e. The van der Waals surface area contributed by atoms with Crippen molar-refractivity contribution in [3.05, 3.63) is 44.7 Å². The van der Waals surface area contributed by atoms with E-state index in [0.29, 0.717) is 48.6 Å². The van der Waals surface area contributed by atoms with E-state index in [1.165, 1.54) is 0 Å². The number of aromatic nitrogens is 2. The lowest BCUT2D eigenvalue weighted by atomic mass is 10.1. The molecule has 0 bridgehead atoms. The van der Waals surface area contributed by atoms with Crippen molar-refractivity contribution in [1.29, 1.82) is 0 Å². The summed E-state index contributed by atoms with van der Waals surface area (Å²) >= 11 is 6.17. The predicted molar refractivity (Wildman–Crippen MR) is 90.4 cm³/mol. The van der Waals surface area contributed by atoms with Crippen molar-refractivity contribution in [1.82, 2.24) is 9.97 Å². The van der Waals surface area contributed by atoms with Gasteiger partial charge in [0, 0.05) is 24.5 Å². The van der Waals surface area contributed by atoms with Crippen molar-refractivity contribution in [3.63, 3.8) is 0 Å². The maximum Gasteiger partial charge on any atom is 0.259 e. The molecule has 1 aromatic carbocycles. The fraction of sp³-hybridized carbons (Fsp3) is 0.375. The maximum atomic E-state index is 12.4. The molecule has 2 aromatic rings. The Balaban J connectivity index is 1.90. The lowest BCUT2D eigenvalue weighted by Gasteiger charge is -2.27. The molecule has 0 spiro atoms. The molecule has 2 N–H and O–H groups in total. The summed E-state index contributed by atoms with van der Waals surface area (Å²) in [6, 6.07) is 5.16. The first kappa shape index (κ1) is 16.6. The molecule has 1 aliphatic heterocycles. The molecule has 0 atom stereocenters. The van der Waals surface area contributed by atoms with Gasteiger partial charge in [-0.25, -0.2) is 0 Å². The second-order valence-electron chi connectivity index (χ2n) is 5.43. The Hall–Kier alpha value is -2.25. The molecule has 3 rings (SSSR count). The number of H-pyrrole nitrogens is 1. The van der Waals surface area contributed by atoms with Crippen LogP contribution in [0.15, 0.2) is 23.0 Å². The smallest absolute Gasteiger partial charge is 0.259 e. The number of hydrogen-bond donors (Lipinski definition) is 2. The minimum Gasteiger partial charge on any atom is -0.497 e. The highest BCUT2D eigenvalue weighted by Crippen LogP contribution is 2.26. The number of nitrogens with one attached hydrogen (secondary N) is 1. The average Bonchev–Trinajstić information content (AvgIpc) is 2.60. The number of rotatable bonds is 4. The second-order valence-corrected chi connectivity index (χ2v) is 5.83. The summed E-state index contributed by atoms with van der Waals surface area (Å²) in [7, 11) is 1.55. The number of hydrogen-bond acceptors (Lipinski definition) is 6. The summed E-state index contributed by atoms with van der Waals surface area (Å²) in [6.45, 7) is 2.35. The van der Waals surface area contributed by atoms with Crippen molar-refractivity contribution in [3.8, 4) is 11.6 Å². The number of aromatic amines is 1. The number of ether oxygens (including phenoxy) is 2. The molecule has 24 heavy (non-hydrogen) atoms. The third-order valence-electron chi connectivity index (χ3n) is 3.91. The number of methoxy groups -OCH3 is 1. The van der Waals surface area contributed by atoms with Crippen LogP contribution < -0.4 is 15.2 Å². The first-order valence-electron chi connectivity index (χ1n) is 7.55. The van der Waals surface area contributed by atoms with E-state index >= 15 is 0 Å². The second kappa shape index (κ2) is 7.11. The molecule has 7 nitrogen and oxygen atoms in total. The minimum atomic E-state index is -0.386. The van der Waals surface area contributed by atoms with Crippen molar-refractivity contribution < 1.29 is 14.6 Å². The van der Waals surface area contributed by atoms with Crippen molar-refractivity contribution >= 4 is 17.5 Å². The van der Waals surface area contributed by atoms with Crippen LogP contribution in [-0.4, -0.2) is 48.5 Å². The zero-order valence-electron chi connectivity index (χ0n) is 13.2. The van der Waals surface area contributed by atoms with Crippen molar-refractivity contribution in [2.75, 3.05) is 38.3 Å². The van der Waals surface area contributed by atoms with Gasteiger partial charge in [0.1, 0.15) is 5.75 Å². The number of aromatic hydroxyl groups is 1. The average molecular weight is 352 g/mol. The van der Waals surface area contributed by atoms with Crippen LogP contribution in [-0.2, 0) is 11.2 Å².